The topological polar surface area (TPSA) is 0 Å². The normalized spacial score (nSPS) is 11.8. The first-order chi connectivity index (χ1) is 28.1. The molecule has 0 atom stereocenters. The van der Waals surface area contributed by atoms with Crippen molar-refractivity contribution >= 4 is 0 Å². The van der Waals surface area contributed by atoms with Gasteiger partial charge in [-0.1, -0.05) is 322 Å². The van der Waals surface area contributed by atoms with Gasteiger partial charge in [-0.25, -0.2) is 0 Å². The Kier molecular flexibility index (Phi) is 55.9. The van der Waals surface area contributed by atoms with Gasteiger partial charge in [0.05, 0.1) is 27.7 Å². The number of halogens is 1. The van der Waals surface area contributed by atoms with Crippen LogP contribution in [0.5, 0.6) is 0 Å². The molecule has 0 radical (unpaired) electrons. The third kappa shape index (κ3) is 58.5. The molecule has 0 heterocycles. The molecule has 0 saturated carbocycles. The van der Waals surface area contributed by atoms with E-state index in [-0.39, 0.29) is 17.0 Å². The summed E-state index contributed by atoms with van der Waals surface area (Å²) in [6.07, 6.45) is 75.8. The second-order valence-electron chi connectivity index (χ2n) is 20.7. The van der Waals surface area contributed by atoms with Crippen molar-refractivity contribution in [3.05, 3.63) is 0 Å². The van der Waals surface area contributed by atoms with Gasteiger partial charge in [-0.2, -0.15) is 0 Å². The van der Waals surface area contributed by atoms with Gasteiger partial charge in [-0.15, -0.1) is 0 Å². The summed E-state index contributed by atoms with van der Waals surface area (Å²) in [5.41, 5.74) is 0. The van der Waals surface area contributed by atoms with Crippen molar-refractivity contribution in [3.8, 4) is 0 Å². The fourth-order valence-electron chi connectivity index (χ4n) is 9.32. The van der Waals surface area contributed by atoms with Crippen molar-refractivity contribution < 1.29 is 21.5 Å². The molecule has 0 saturated heterocycles. The van der Waals surface area contributed by atoms with Crippen LogP contribution in [0.15, 0.2) is 0 Å². The summed E-state index contributed by atoms with van der Waals surface area (Å²) in [4.78, 5) is 0. The molecule has 0 aliphatic heterocycles. The molecule has 0 aliphatic carbocycles. The molecule has 2 heteroatoms. The summed E-state index contributed by atoms with van der Waals surface area (Å²) in [6.45, 7) is 3.65. The molecule has 0 aromatic heterocycles. The Balaban J connectivity index is 0. The Labute approximate surface area is 381 Å². The second kappa shape index (κ2) is 53.6. The summed E-state index contributed by atoms with van der Waals surface area (Å²) in [6, 6.07) is 0. The van der Waals surface area contributed by atoms with Crippen LogP contribution in [-0.2, 0) is 0 Å². The van der Waals surface area contributed by atoms with Gasteiger partial charge in [0.15, 0.2) is 0 Å². The zero-order valence-electron chi connectivity index (χ0n) is 41.6. The van der Waals surface area contributed by atoms with Crippen molar-refractivity contribution in [1.82, 2.24) is 0 Å². The third-order valence-electron chi connectivity index (χ3n) is 13.4. The molecule has 0 aromatic rings. The average Bonchev–Trinajstić information content (AvgIpc) is 3.19. The molecule has 0 bridgehead atoms. The molecule has 0 amide bonds. The van der Waals surface area contributed by atoms with E-state index in [0.29, 0.717) is 0 Å². The van der Waals surface area contributed by atoms with Crippen LogP contribution in [0, 0.1) is 0 Å². The highest BCUT2D eigenvalue weighted by molar-refractivity contribution is 4.55. The molecule has 0 N–H and O–H groups in total. The van der Waals surface area contributed by atoms with Crippen molar-refractivity contribution in [2.45, 2.75) is 334 Å². The van der Waals surface area contributed by atoms with Crippen LogP contribution in [0.25, 0.3) is 0 Å². The predicted molar refractivity (Wildman–Crippen MR) is 264 cm³/mol. The van der Waals surface area contributed by atoms with Crippen LogP contribution in [0.3, 0.4) is 0 Å². The fourth-order valence-corrected chi connectivity index (χ4v) is 9.32. The third-order valence-corrected chi connectivity index (χ3v) is 13.4. The van der Waals surface area contributed by atoms with Gasteiger partial charge in [-0.05, 0) is 12.8 Å². The van der Waals surface area contributed by atoms with Gasteiger partial charge in [0.1, 0.15) is 0 Å². The molecule has 0 aliphatic rings. The van der Waals surface area contributed by atoms with Gasteiger partial charge in [0.2, 0.25) is 0 Å². The number of hydrogen-bond donors (Lipinski definition) is 0. The Hall–Kier alpha value is 0.440. The van der Waals surface area contributed by atoms with Crippen molar-refractivity contribution in [3.63, 3.8) is 0 Å². The number of nitrogens with zero attached hydrogens (tertiary/aromatic N) is 1. The minimum Gasteiger partial charge on any atom is -1.00 e. The number of quaternary nitrogens is 1. The second-order valence-corrected chi connectivity index (χ2v) is 20.7. The maximum absolute atomic E-state index is 2.31. The first kappa shape index (κ1) is 60.5. The van der Waals surface area contributed by atoms with E-state index in [9.17, 15) is 0 Å². The summed E-state index contributed by atoms with van der Waals surface area (Å²) < 4.78 is 1.12. The number of unbranched alkanes of at least 4 members (excludes halogenated alkanes) is 50. The highest BCUT2D eigenvalue weighted by Gasteiger charge is 2.05. The Morgan fingerprint density at radius 3 is 0.379 bits per heavy atom. The summed E-state index contributed by atoms with van der Waals surface area (Å²) in [7, 11) is 6.94. The van der Waals surface area contributed by atoms with E-state index in [1.807, 2.05) is 0 Å². The molecule has 58 heavy (non-hydrogen) atoms. The van der Waals surface area contributed by atoms with E-state index >= 15 is 0 Å². The van der Waals surface area contributed by atoms with Gasteiger partial charge in [0.25, 0.3) is 0 Å². The zero-order chi connectivity index (χ0) is 41.3. The smallest absolute Gasteiger partial charge is 0.0780 e. The van der Waals surface area contributed by atoms with Gasteiger partial charge in [0, 0.05) is 0 Å². The standard InChI is InChI=1S/C56H116N.BrH/c1-5-6-7-8-9-10-11-12-13-14-15-16-17-18-19-20-21-22-23-24-25-26-27-28-29-30-31-32-33-34-35-36-37-38-39-40-41-42-43-44-45-46-47-48-49-50-51-52-53-54-55-56-57(2,3)4;/h5-56H2,1-4H3;1H/q+1;/p-1. The van der Waals surface area contributed by atoms with Crippen LogP contribution >= 0.6 is 0 Å². The fraction of sp³-hybridized carbons (Fsp3) is 1.00. The first-order valence-electron chi connectivity index (χ1n) is 27.9. The Morgan fingerprint density at radius 1 is 0.172 bits per heavy atom. The predicted octanol–water partition coefficient (Wildman–Crippen LogP) is 17.6. The van der Waals surface area contributed by atoms with Crippen LogP contribution in [0.2, 0.25) is 0 Å². The highest BCUT2D eigenvalue weighted by Crippen LogP contribution is 2.19. The van der Waals surface area contributed by atoms with E-state index in [4.69, 9.17) is 0 Å². The number of hydrogen-bond acceptors (Lipinski definition) is 0. The molecule has 0 unspecified atom stereocenters. The Morgan fingerprint density at radius 2 is 0.276 bits per heavy atom. The quantitative estimate of drug-likeness (QED) is 0.0422. The summed E-state index contributed by atoms with van der Waals surface area (Å²) >= 11 is 0. The lowest BCUT2D eigenvalue weighted by Crippen LogP contribution is -3.00. The minimum absolute atomic E-state index is 0. The lowest BCUT2D eigenvalue weighted by Gasteiger charge is -2.23. The summed E-state index contributed by atoms with van der Waals surface area (Å²) in [5, 5.41) is 0. The Bertz CT molecular complexity index is 685. The molecular weight excluding hydrogens is 767 g/mol. The number of rotatable bonds is 52. The SMILES string of the molecule is CCCCCCCCCCCCCCCCCCCCCCCCCCCCCCCCCCCCCCCCCCCCCCCCCCCCC[N+](C)(C)C.[Br-]. The molecule has 0 spiro atoms. The van der Waals surface area contributed by atoms with Gasteiger partial charge in [-0.3, -0.25) is 0 Å². The van der Waals surface area contributed by atoms with Gasteiger partial charge >= 0.3 is 0 Å². The molecule has 352 valence electrons. The van der Waals surface area contributed by atoms with Crippen LogP contribution in [0.4, 0.5) is 0 Å². The maximum atomic E-state index is 2.31. The molecule has 0 fully saturated rings. The lowest BCUT2D eigenvalue weighted by atomic mass is 10.0. The zero-order valence-corrected chi connectivity index (χ0v) is 43.2. The van der Waals surface area contributed by atoms with Gasteiger partial charge < -0.3 is 21.5 Å². The summed E-state index contributed by atoms with van der Waals surface area (Å²) in [5.74, 6) is 0. The lowest BCUT2D eigenvalue weighted by molar-refractivity contribution is -0.870. The van der Waals surface area contributed by atoms with Crippen LogP contribution < -0.4 is 17.0 Å². The molecule has 0 rings (SSSR count). The molecular formula is C56H116BrN. The van der Waals surface area contributed by atoms with E-state index in [1.165, 1.54) is 334 Å². The molecule has 0 aromatic carbocycles. The minimum atomic E-state index is 0. The van der Waals surface area contributed by atoms with Crippen molar-refractivity contribution in [1.29, 1.82) is 0 Å². The molecule has 1 nitrogen and oxygen atoms in total. The van der Waals surface area contributed by atoms with E-state index in [1.54, 1.807) is 0 Å². The van der Waals surface area contributed by atoms with Crippen molar-refractivity contribution in [2.24, 2.45) is 0 Å². The van der Waals surface area contributed by atoms with E-state index < -0.39 is 0 Å². The highest BCUT2D eigenvalue weighted by atomic mass is 79.9. The average molecular weight is 883 g/mol. The maximum Gasteiger partial charge on any atom is 0.0780 e. The van der Waals surface area contributed by atoms with Crippen LogP contribution in [-0.4, -0.2) is 32.2 Å². The largest absolute Gasteiger partial charge is 1.00 e. The monoisotopic (exact) mass is 882 g/mol. The first-order valence-corrected chi connectivity index (χ1v) is 27.9. The van der Waals surface area contributed by atoms with E-state index in [0.717, 1.165) is 4.48 Å². The van der Waals surface area contributed by atoms with Crippen molar-refractivity contribution in [2.75, 3.05) is 27.7 Å². The van der Waals surface area contributed by atoms with E-state index in [2.05, 4.69) is 28.1 Å². The van der Waals surface area contributed by atoms with Crippen LogP contribution in [0.1, 0.15) is 334 Å².